The third kappa shape index (κ3) is 6.93. The van der Waals surface area contributed by atoms with Crippen LogP contribution in [0.2, 0.25) is 0 Å². The van der Waals surface area contributed by atoms with Crippen molar-refractivity contribution in [3.05, 3.63) is 126 Å². The lowest BCUT2D eigenvalue weighted by Crippen LogP contribution is -2.50. The molecule has 1 N–H and O–H groups in total. The van der Waals surface area contributed by atoms with Crippen LogP contribution in [-0.2, 0) is 16.8 Å². The molecular formula is C38H42N2O2. The second-order valence-electron chi connectivity index (χ2n) is 12.2. The summed E-state index contributed by atoms with van der Waals surface area (Å²) in [5, 5.41) is 19.8. The van der Waals surface area contributed by atoms with E-state index in [9.17, 15) is 10.4 Å². The van der Waals surface area contributed by atoms with Crippen molar-refractivity contribution in [1.82, 2.24) is 4.90 Å². The summed E-state index contributed by atoms with van der Waals surface area (Å²) in [6.07, 6.45) is 4.62. The van der Waals surface area contributed by atoms with Gasteiger partial charge in [0.25, 0.3) is 0 Å². The van der Waals surface area contributed by atoms with E-state index in [0.717, 1.165) is 55.5 Å². The van der Waals surface area contributed by atoms with Crippen molar-refractivity contribution in [2.24, 2.45) is 0 Å². The van der Waals surface area contributed by atoms with E-state index >= 15 is 0 Å². The van der Waals surface area contributed by atoms with Crippen molar-refractivity contribution in [3.8, 4) is 22.9 Å². The van der Waals surface area contributed by atoms with E-state index in [4.69, 9.17) is 4.74 Å². The zero-order valence-electron chi connectivity index (χ0n) is 24.9. The number of benzene rings is 4. The summed E-state index contributed by atoms with van der Waals surface area (Å²) in [7, 11) is 0. The van der Waals surface area contributed by atoms with Gasteiger partial charge in [0.15, 0.2) is 0 Å². The van der Waals surface area contributed by atoms with E-state index < -0.39 is 0 Å². The molecule has 0 bridgehead atoms. The zero-order chi connectivity index (χ0) is 29.4. The smallest absolute Gasteiger partial charge is 0.116 e. The second-order valence-corrected chi connectivity index (χ2v) is 12.2. The number of hydrogen-bond donors (Lipinski definition) is 1. The first-order valence-corrected chi connectivity index (χ1v) is 15.1. The van der Waals surface area contributed by atoms with Gasteiger partial charge in [0, 0.05) is 30.5 Å². The van der Waals surface area contributed by atoms with Crippen LogP contribution in [-0.4, -0.2) is 34.7 Å². The lowest BCUT2D eigenvalue weighted by Gasteiger charge is -2.45. The molecule has 4 aromatic rings. The van der Waals surface area contributed by atoms with Crippen molar-refractivity contribution in [3.63, 3.8) is 0 Å². The topological polar surface area (TPSA) is 56.5 Å². The third-order valence-corrected chi connectivity index (χ3v) is 9.09. The van der Waals surface area contributed by atoms with Gasteiger partial charge in [-0.25, -0.2) is 0 Å². The number of aromatic hydroxyl groups is 1. The summed E-state index contributed by atoms with van der Waals surface area (Å²) >= 11 is 0. The fraction of sp³-hybridized carbons (Fsp3) is 0.342. The first kappa shape index (κ1) is 29.6. The molecule has 1 fully saturated rings. The van der Waals surface area contributed by atoms with Gasteiger partial charge in [-0.2, -0.15) is 5.26 Å². The highest BCUT2D eigenvalue weighted by molar-refractivity contribution is 5.65. The number of hydrogen-bond acceptors (Lipinski definition) is 4. The first-order valence-electron chi connectivity index (χ1n) is 15.1. The van der Waals surface area contributed by atoms with Crippen molar-refractivity contribution < 1.29 is 9.84 Å². The fourth-order valence-electron chi connectivity index (χ4n) is 6.44. The lowest BCUT2D eigenvalue weighted by molar-refractivity contribution is -0.0266. The van der Waals surface area contributed by atoms with Crippen LogP contribution < -0.4 is 0 Å². The van der Waals surface area contributed by atoms with E-state index in [2.05, 4.69) is 97.6 Å². The molecule has 0 spiro atoms. The molecule has 1 aliphatic rings. The van der Waals surface area contributed by atoms with Crippen LogP contribution in [0.3, 0.4) is 0 Å². The van der Waals surface area contributed by atoms with Gasteiger partial charge in [0.1, 0.15) is 5.75 Å². The van der Waals surface area contributed by atoms with Crippen LogP contribution in [0.5, 0.6) is 5.75 Å². The van der Waals surface area contributed by atoms with Crippen LogP contribution in [0.1, 0.15) is 62.6 Å². The van der Waals surface area contributed by atoms with Crippen molar-refractivity contribution in [2.45, 2.75) is 69.6 Å². The predicted octanol–water partition coefficient (Wildman–Crippen LogP) is 8.50. The van der Waals surface area contributed by atoms with Crippen LogP contribution in [0.15, 0.2) is 109 Å². The minimum absolute atomic E-state index is 0.00477. The molecule has 4 nitrogen and oxygen atoms in total. The summed E-state index contributed by atoms with van der Waals surface area (Å²) < 4.78 is 6.39. The van der Waals surface area contributed by atoms with Gasteiger partial charge in [0.05, 0.1) is 18.8 Å². The Morgan fingerprint density at radius 2 is 1.38 bits per heavy atom. The Kier molecular flexibility index (Phi) is 9.42. The van der Waals surface area contributed by atoms with E-state index in [1.54, 1.807) is 12.1 Å². The number of phenolic OH excluding ortho intramolecular Hbond substituents is 1. The first-order chi connectivity index (χ1) is 20.4. The van der Waals surface area contributed by atoms with Crippen molar-refractivity contribution in [1.29, 1.82) is 5.26 Å². The third-order valence-electron chi connectivity index (χ3n) is 9.09. The number of nitrogens with zero attached hydrogens (tertiary/aromatic N) is 2. The highest BCUT2D eigenvalue weighted by Crippen LogP contribution is 2.42. The maximum absolute atomic E-state index is 9.96. The van der Waals surface area contributed by atoms with Gasteiger partial charge in [0.2, 0.25) is 0 Å². The van der Waals surface area contributed by atoms with Crippen LogP contribution in [0, 0.1) is 11.3 Å². The summed E-state index contributed by atoms with van der Waals surface area (Å²) in [4.78, 5) is 2.61. The normalized spacial score (nSPS) is 14.9. The molecular weight excluding hydrogens is 516 g/mol. The number of ether oxygens (including phenoxy) is 1. The molecule has 4 heteroatoms. The fourth-order valence-corrected chi connectivity index (χ4v) is 6.44. The molecule has 42 heavy (non-hydrogen) atoms. The molecule has 0 amide bonds. The Morgan fingerprint density at radius 1 is 0.786 bits per heavy atom. The molecule has 1 heterocycles. The van der Waals surface area contributed by atoms with Gasteiger partial charge in [-0.3, -0.25) is 4.90 Å². The average molecular weight is 559 g/mol. The van der Waals surface area contributed by atoms with E-state index in [1.807, 2.05) is 24.3 Å². The quantitative estimate of drug-likeness (QED) is 0.201. The summed E-state index contributed by atoms with van der Waals surface area (Å²) in [6.45, 7) is 7.31. The van der Waals surface area contributed by atoms with E-state index in [1.165, 1.54) is 11.1 Å². The minimum Gasteiger partial charge on any atom is -0.508 e. The van der Waals surface area contributed by atoms with Gasteiger partial charge in [-0.15, -0.1) is 0 Å². The Bertz CT molecular complexity index is 1430. The molecule has 5 rings (SSSR count). The van der Waals surface area contributed by atoms with Crippen LogP contribution in [0.25, 0.3) is 11.1 Å². The molecule has 0 radical (unpaired) electrons. The maximum atomic E-state index is 9.96. The SMILES string of the molecule is CC(C)(CCC(CC#N)(c1ccccc1)c1ccccc1)N1CCC(OCc2cccc(-c3cccc(O)c3)c2)CC1. The number of rotatable bonds is 11. The monoisotopic (exact) mass is 558 g/mol. The maximum Gasteiger partial charge on any atom is 0.116 e. The lowest BCUT2D eigenvalue weighted by atomic mass is 9.68. The molecule has 0 aliphatic carbocycles. The second kappa shape index (κ2) is 13.4. The summed E-state index contributed by atoms with van der Waals surface area (Å²) in [5.41, 5.74) is 5.35. The number of likely N-dealkylation sites (tertiary alicyclic amines) is 1. The molecule has 1 saturated heterocycles. The molecule has 0 saturated carbocycles. The van der Waals surface area contributed by atoms with Crippen molar-refractivity contribution >= 4 is 0 Å². The predicted molar refractivity (Wildman–Crippen MR) is 170 cm³/mol. The summed E-state index contributed by atoms with van der Waals surface area (Å²) in [6, 6.07) is 39.5. The number of nitriles is 1. The van der Waals surface area contributed by atoms with Gasteiger partial charge in [-0.1, -0.05) is 91.0 Å². The Morgan fingerprint density at radius 3 is 1.98 bits per heavy atom. The highest BCUT2D eigenvalue weighted by atomic mass is 16.5. The standard InChI is InChI=1S/C38H42N2O2/c1-37(2,21-22-38(23-24-39,33-14-5-3-6-15-33)34-16-7-4-8-17-34)40-25-19-36(20-26-40)42-29-30-11-9-12-31(27-30)32-13-10-18-35(41)28-32/h3-18,27-28,36,41H,19-23,25-26,29H2,1-2H3. The Hall–Kier alpha value is -3.91. The van der Waals surface area contributed by atoms with Gasteiger partial charge < -0.3 is 9.84 Å². The zero-order valence-corrected chi connectivity index (χ0v) is 24.9. The van der Waals surface area contributed by atoms with Gasteiger partial charge in [-0.05, 0) is 85.5 Å². The largest absolute Gasteiger partial charge is 0.508 e. The molecule has 0 atom stereocenters. The molecule has 0 aromatic heterocycles. The van der Waals surface area contributed by atoms with Crippen LogP contribution in [0.4, 0.5) is 0 Å². The summed E-state index contributed by atoms with van der Waals surface area (Å²) in [5.74, 6) is 0.278. The van der Waals surface area contributed by atoms with Crippen LogP contribution >= 0.6 is 0 Å². The molecule has 4 aromatic carbocycles. The Balaban J connectivity index is 1.20. The van der Waals surface area contributed by atoms with E-state index in [-0.39, 0.29) is 22.8 Å². The molecule has 216 valence electrons. The average Bonchev–Trinajstić information content (AvgIpc) is 3.03. The minimum atomic E-state index is -0.330. The number of piperidine rings is 1. The van der Waals surface area contributed by atoms with Crippen molar-refractivity contribution in [2.75, 3.05) is 13.1 Å². The number of phenols is 1. The van der Waals surface area contributed by atoms with Gasteiger partial charge >= 0.3 is 0 Å². The highest BCUT2D eigenvalue weighted by Gasteiger charge is 2.38. The molecule has 0 unspecified atom stereocenters. The van der Waals surface area contributed by atoms with E-state index in [0.29, 0.717) is 13.0 Å². The molecule has 1 aliphatic heterocycles. The Labute approximate surface area is 251 Å².